The molecule has 2 aromatic heterocycles. The number of piperidine rings is 1. The van der Waals surface area contributed by atoms with Crippen LogP contribution in [-0.2, 0) is 23.1 Å². The molecule has 0 radical (unpaired) electrons. The minimum absolute atomic E-state index is 0.160. The summed E-state index contributed by atoms with van der Waals surface area (Å²) in [4.78, 5) is 29.5. The molecule has 8 heteroatoms. The van der Waals surface area contributed by atoms with Crippen LogP contribution in [-0.4, -0.2) is 39.7 Å². The monoisotopic (exact) mass is 607 g/mol. The lowest BCUT2D eigenvalue weighted by Crippen LogP contribution is -2.39. The summed E-state index contributed by atoms with van der Waals surface area (Å²) in [5, 5.41) is 12.9. The molecule has 4 aromatic rings. The number of nitrogens with zero attached hydrogens (tertiary/aromatic N) is 3. The number of hydrogen-bond acceptors (Lipinski definition) is 4. The normalized spacial score (nSPS) is 15.5. The Hall–Kier alpha value is -4.17. The summed E-state index contributed by atoms with van der Waals surface area (Å²) < 4.78 is 1.78. The van der Waals surface area contributed by atoms with E-state index in [0.29, 0.717) is 11.7 Å². The van der Waals surface area contributed by atoms with Crippen LogP contribution >= 0.6 is 11.3 Å². The Morgan fingerprint density at radius 3 is 2.39 bits per heavy atom. The Labute approximate surface area is 264 Å². The van der Waals surface area contributed by atoms with Crippen LogP contribution < -0.4 is 10.6 Å². The Morgan fingerprint density at radius 2 is 1.68 bits per heavy atom. The number of hydrogen-bond donors (Lipinski definition) is 2. The molecule has 44 heavy (non-hydrogen) atoms. The number of benzene rings is 2. The number of amides is 3. The quantitative estimate of drug-likeness (QED) is 0.233. The SMILES string of the molecule is Cc1ccc(-n2nc(C(C)(C)C)cc2NC(=O)Nc2ccc(CC3CCN(C(=O)C4=Cc5sccc5CC4)CC3)cc2)cc1. The zero-order valence-corrected chi connectivity index (χ0v) is 26.8. The average Bonchev–Trinajstić information content (AvgIpc) is 3.66. The van der Waals surface area contributed by atoms with Crippen molar-refractivity contribution in [1.29, 1.82) is 0 Å². The first-order chi connectivity index (χ1) is 21.1. The van der Waals surface area contributed by atoms with Crippen LogP contribution in [0.4, 0.5) is 16.3 Å². The lowest BCUT2D eigenvalue weighted by molar-refractivity contribution is -0.128. The Bertz CT molecular complexity index is 1670. The zero-order valence-electron chi connectivity index (χ0n) is 26.0. The molecular formula is C36H41N5O2S. The number of fused-ring (bicyclic) bond motifs is 1. The minimum Gasteiger partial charge on any atom is -0.339 e. The van der Waals surface area contributed by atoms with E-state index in [1.807, 2.05) is 54.3 Å². The van der Waals surface area contributed by atoms with Gasteiger partial charge in [0, 0.05) is 40.7 Å². The summed E-state index contributed by atoms with van der Waals surface area (Å²) in [7, 11) is 0. The molecule has 3 heterocycles. The number of carbonyl (C=O) groups excluding carboxylic acids is 2. The molecule has 2 N–H and O–H groups in total. The largest absolute Gasteiger partial charge is 0.339 e. The Morgan fingerprint density at radius 1 is 0.955 bits per heavy atom. The summed E-state index contributed by atoms with van der Waals surface area (Å²) in [5.74, 6) is 1.38. The fourth-order valence-electron chi connectivity index (χ4n) is 5.95. The van der Waals surface area contributed by atoms with Crippen molar-refractivity contribution in [2.24, 2.45) is 5.92 Å². The van der Waals surface area contributed by atoms with Crippen molar-refractivity contribution in [1.82, 2.24) is 14.7 Å². The maximum absolute atomic E-state index is 13.2. The molecule has 0 spiro atoms. The number of aromatic nitrogens is 2. The van der Waals surface area contributed by atoms with E-state index in [1.54, 1.807) is 16.0 Å². The van der Waals surface area contributed by atoms with Crippen molar-refractivity contribution >= 4 is 40.9 Å². The summed E-state index contributed by atoms with van der Waals surface area (Å²) in [6, 6.07) is 20.0. The van der Waals surface area contributed by atoms with Crippen molar-refractivity contribution in [2.75, 3.05) is 23.7 Å². The van der Waals surface area contributed by atoms with Crippen molar-refractivity contribution in [2.45, 2.75) is 65.2 Å². The minimum atomic E-state index is -0.313. The fraction of sp³-hybridized carbons (Fsp3) is 0.361. The summed E-state index contributed by atoms with van der Waals surface area (Å²) >= 11 is 1.72. The molecule has 1 saturated heterocycles. The molecule has 0 saturated carbocycles. The van der Waals surface area contributed by atoms with E-state index in [2.05, 4.69) is 61.1 Å². The first kappa shape index (κ1) is 29.9. The van der Waals surface area contributed by atoms with E-state index < -0.39 is 0 Å². The van der Waals surface area contributed by atoms with Crippen molar-refractivity contribution < 1.29 is 9.59 Å². The number of rotatable bonds is 6. The van der Waals surface area contributed by atoms with E-state index in [9.17, 15) is 9.59 Å². The molecule has 0 unspecified atom stereocenters. The van der Waals surface area contributed by atoms with Gasteiger partial charge in [0.1, 0.15) is 5.82 Å². The number of aryl methyl sites for hydroxylation is 2. The van der Waals surface area contributed by atoms with Crippen molar-refractivity contribution in [3.05, 3.63) is 98.9 Å². The van der Waals surface area contributed by atoms with Crippen LogP contribution in [0.3, 0.4) is 0 Å². The van der Waals surface area contributed by atoms with E-state index in [0.717, 1.165) is 67.8 Å². The van der Waals surface area contributed by atoms with E-state index in [-0.39, 0.29) is 17.4 Å². The van der Waals surface area contributed by atoms with Gasteiger partial charge in [0.05, 0.1) is 11.4 Å². The summed E-state index contributed by atoms with van der Waals surface area (Å²) in [6.45, 7) is 10.0. The van der Waals surface area contributed by atoms with Gasteiger partial charge in [-0.05, 0) is 97.9 Å². The third-order valence-corrected chi connectivity index (χ3v) is 9.57. The second-order valence-electron chi connectivity index (χ2n) is 13.1. The van der Waals surface area contributed by atoms with Crippen LogP contribution in [0.2, 0.25) is 0 Å². The highest BCUT2D eigenvalue weighted by Gasteiger charge is 2.27. The van der Waals surface area contributed by atoms with Crippen LogP contribution in [0, 0.1) is 12.8 Å². The molecule has 0 atom stereocenters. The highest BCUT2D eigenvalue weighted by Crippen LogP contribution is 2.31. The number of anilines is 2. The lowest BCUT2D eigenvalue weighted by Gasteiger charge is -2.33. The molecular weight excluding hydrogens is 566 g/mol. The van der Waals surface area contributed by atoms with Gasteiger partial charge in [-0.1, -0.05) is 50.6 Å². The molecule has 3 amide bonds. The molecule has 2 aromatic carbocycles. The molecule has 1 fully saturated rings. The molecule has 1 aliphatic carbocycles. The van der Waals surface area contributed by atoms with E-state index in [4.69, 9.17) is 5.10 Å². The number of carbonyl (C=O) groups is 2. The maximum atomic E-state index is 13.2. The zero-order chi connectivity index (χ0) is 30.8. The van der Waals surface area contributed by atoms with Gasteiger partial charge in [0.2, 0.25) is 5.91 Å². The average molecular weight is 608 g/mol. The van der Waals surface area contributed by atoms with Crippen molar-refractivity contribution in [3.8, 4) is 5.69 Å². The number of thiophene rings is 1. The predicted molar refractivity (Wildman–Crippen MR) is 180 cm³/mol. The van der Waals surface area contributed by atoms with Gasteiger partial charge in [0.15, 0.2) is 0 Å². The highest BCUT2D eigenvalue weighted by atomic mass is 32.1. The van der Waals surface area contributed by atoms with Gasteiger partial charge in [-0.3, -0.25) is 10.1 Å². The van der Waals surface area contributed by atoms with Gasteiger partial charge >= 0.3 is 6.03 Å². The standard InChI is InChI=1S/C36H41N5O2S/c1-24-5-13-30(14-6-24)41-33(23-32(39-41)36(2,3)4)38-35(43)37-29-11-7-25(8-12-29)21-26-15-18-40(19-16-26)34(42)28-10-9-27-17-20-44-31(27)22-28/h5-8,11-14,17,20,22-23,26H,9-10,15-16,18-19,21H2,1-4H3,(H2,37,38,43). The second-order valence-corrected chi connectivity index (χ2v) is 14.1. The topological polar surface area (TPSA) is 79.3 Å². The number of likely N-dealkylation sites (tertiary alicyclic amines) is 1. The molecule has 1 aliphatic heterocycles. The Kier molecular flexibility index (Phi) is 8.45. The van der Waals surface area contributed by atoms with E-state index >= 15 is 0 Å². The van der Waals surface area contributed by atoms with Crippen LogP contribution in [0.25, 0.3) is 11.8 Å². The van der Waals surface area contributed by atoms with Gasteiger partial charge in [-0.2, -0.15) is 5.10 Å². The number of nitrogens with one attached hydrogen (secondary N) is 2. The van der Waals surface area contributed by atoms with Crippen molar-refractivity contribution in [3.63, 3.8) is 0 Å². The van der Waals surface area contributed by atoms with Gasteiger partial charge < -0.3 is 10.2 Å². The number of urea groups is 1. The fourth-order valence-corrected chi connectivity index (χ4v) is 6.86. The Balaban J connectivity index is 1.02. The highest BCUT2D eigenvalue weighted by molar-refractivity contribution is 7.11. The van der Waals surface area contributed by atoms with Crippen LogP contribution in [0.15, 0.2) is 71.6 Å². The smallest absolute Gasteiger partial charge is 0.324 e. The molecule has 6 rings (SSSR count). The molecule has 2 aliphatic rings. The van der Waals surface area contributed by atoms with Crippen LogP contribution in [0.1, 0.15) is 67.3 Å². The van der Waals surface area contributed by atoms with Gasteiger partial charge in [-0.25, -0.2) is 9.48 Å². The predicted octanol–water partition coefficient (Wildman–Crippen LogP) is 7.99. The first-order valence-electron chi connectivity index (χ1n) is 15.5. The molecule has 7 nitrogen and oxygen atoms in total. The van der Waals surface area contributed by atoms with E-state index in [1.165, 1.54) is 21.6 Å². The summed E-state index contributed by atoms with van der Waals surface area (Å²) in [5.41, 5.74) is 7.10. The van der Waals surface area contributed by atoms with Crippen LogP contribution in [0.5, 0.6) is 0 Å². The third-order valence-electron chi connectivity index (χ3n) is 8.66. The van der Waals surface area contributed by atoms with Gasteiger partial charge in [0.25, 0.3) is 0 Å². The first-order valence-corrected chi connectivity index (χ1v) is 16.4. The lowest BCUT2D eigenvalue weighted by atomic mass is 9.89. The maximum Gasteiger partial charge on any atom is 0.324 e. The summed E-state index contributed by atoms with van der Waals surface area (Å²) in [6.07, 6.45) is 6.91. The molecule has 0 bridgehead atoms. The third kappa shape index (κ3) is 6.81. The second kappa shape index (κ2) is 12.4. The molecule has 228 valence electrons. The van der Waals surface area contributed by atoms with Gasteiger partial charge in [-0.15, -0.1) is 11.3 Å².